The van der Waals surface area contributed by atoms with E-state index >= 15 is 0 Å². The van der Waals surface area contributed by atoms with Crippen molar-refractivity contribution >= 4 is 18.1 Å². The second-order valence-electron chi connectivity index (χ2n) is 7.52. The first kappa shape index (κ1) is 21.4. The van der Waals surface area contributed by atoms with Gasteiger partial charge in [-0.1, -0.05) is 78.9 Å². The average molecular weight is 428 g/mol. The molecule has 32 heavy (non-hydrogen) atoms. The van der Waals surface area contributed by atoms with Crippen LogP contribution in [-0.4, -0.2) is 32.3 Å². The highest BCUT2D eigenvalue weighted by atomic mass is 16.5. The van der Waals surface area contributed by atoms with Gasteiger partial charge in [-0.15, -0.1) is 0 Å². The predicted molar refractivity (Wildman–Crippen MR) is 125 cm³/mol. The van der Waals surface area contributed by atoms with Crippen LogP contribution in [0.1, 0.15) is 39.4 Å². The number of ether oxygens (including phenoxy) is 2. The van der Waals surface area contributed by atoms with Gasteiger partial charge in [0.05, 0.1) is 12.7 Å². The summed E-state index contributed by atoms with van der Waals surface area (Å²) in [6.07, 6.45) is 3.94. The number of methoxy groups -OCH3 is 1. The average Bonchev–Trinajstić information content (AvgIpc) is 3.16. The summed E-state index contributed by atoms with van der Waals surface area (Å²) in [5.41, 5.74) is 6.07. The lowest BCUT2D eigenvalue weighted by molar-refractivity contribution is 0.0600. The van der Waals surface area contributed by atoms with E-state index in [0.717, 1.165) is 5.56 Å². The summed E-state index contributed by atoms with van der Waals surface area (Å²) in [7, 11) is 1.36. The lowest BCUT2D eigenvalue weighted by Crippen LogP contribution is -2.26. The molecule has 0 heterocycles. The Morgan fingerprint density at radius 1 is 0.906 bits per heavy atom. The fourth-order valence-electron chi connectivity index (χ4n) is 4.06. The van der Waals surface area contributed by atoms with Gasteiger partial charge in [-0.25, -0.2) is 9.59 Å². The van der Waals surface area contributed by atoms with E-state index in [2.05, 4.69) is 29.6 Å². The van der Waals surface area contributed by atoms with Gasteiger partial charge in [0, 0.05) is 12.5 Å². The molecule has 3 aromatic carbocycles. The van der Waals surface area contributed by atoms with E-state index in [1.165, 1.54) is 29.4 Å². The number of alkyl carbamates (subject to hydrolysis) is 1. The van der Waals surface area contributed by atoms with Crippen LogP contribution in [0.25, 0.3) is 17.2 Å². The van der Waals surface area contributed by atoms with Gasteiger partial charge >= 0.3 is 12.1 Å². The largest absolute Gasteiger partial charge is 0.465 e. The molecule has 0 bridgehead atoms. The molecule has 1 N–H and O–H groups in total. The standard InChI is InChI=1S/C27H25NO4/c1-31-26(29)20-12-3-2-10-19(20)11-8-9-17-28-27(30)32-18-25-23-15-6-4-13-21(23)22-14-5-7-16-24(22)25/h2-8,10-16,25H,9,17-18H2,1H3,(H,28,30). The van der Waals surface area contributed by atoms with Crippen LogP contribution in [0.4, 0.5) is 4.79 Å². The predicted octanol–water partition coefficient (Wildman–Crippen LogP) is 5.42. The molecule has 0 atom stereocenters. The fourth-order valence-corrected chi connectivity index (χ4v) is 4.06. The summed E-state index contributed by atoms with van der Waals surface area (Å²) < 4.78 is 10.3. The molecule has 1 amide bonds. The van der Waals surface area contributed by atoms with E-state index in [9.17, 15) is 9.59 Å². The molecule has 0 saturated heterocycles. The molecule has 0 aromatic heterocycles. The van der Waals surface area contributed by atoms with Gasteiger partial charge < -0.3 is 14.8 Å². The number of carbonyl (C=O) groups excluding carboxylic acids is 2. The number of rotatable bonds is 7. The molecule has 0 spiro atoms. The molecular weight excluding hydrogens is 402 g/mol. The molecule has 162 valence electrons. The zero-order valence-electron chi connectivity index (χ0n) is 17.9. The van der Waals surface area contributed by atoms with E-state index in [1.54, 1.807) is 12.1 Å². The Hall–Kier alpha value is -3.86. The van der Waals surface area contributed by atoms with Crippen LogP contribution >= 0.6 is 0 Å². The first-order chi connectivity index (χ1) is 15.7. The van der Waals surface area contributed by atoms with Crippen molar-refractivity contribution in [1.29, 1.82) is 0 Å². The quantitative estimate of drug-likeness (QED) is 0.404. The van der Waals surface area contributed by atoms with Crippen LogP contribution in [0.15, 0.2) is 78.9 Å². The Morgan fingerprint density at radius 2 is 1.53 bits per heavy atom. The molecule has 5 nitrogen and oxygen atoms in total. The van der Waals surface area contributed by atoms with Crippen molar-refractivity contribution in [3.05, 3.63) is 101 Å². The minimum Gasteiger partial charge on any atom is -0.465 e. The van der Waals surface area contributed by atoms with E-state index in [1.807, 2.05) is 48.6 Å². The first-order valence-electron chi connectivity index (χ1n) is 10.6. The topological polar surface area (TPSA) is 64.6 Å². The van der Waals surface area contributed by atoms with Crippen molar-refractivity contribution in [2.24, 2.45) is 0 Å². The highest BCUT2D eigenvalue weighted by Gasteiger charge is 2.28. The second-order valence-corrected chi connectivity index (χ2v) is 7.52. The zero-order chi connectivity index (χ0) is 22.3. The lowest BCUT2D eigenvalue weighted by atomic mass is 9.98. The molecule has 1 aliphatic rings. The molecule has 0 unspecified atom stereocenters. The monoisotopic (exact) mass is 427 g/mol. The van der Waals surface area contributed by atoms with Crippen LogP contribution in [0.5, 0.6) is 0 Å². The fraction of sp³-hybridized carbons (Fsp3) is 0.185. The van der Waals surface area contributed by atoms with Crippen molar-refractivity contribution in [2.75, 3.05) is 20.3 Å². The number of amides is 1. The molecule has 0 saturated carbocycles. The maximum absolute atomic E-state index is 12.2. The van der Waals surface area contributed by atoms with Crippen LogP contribution in [0.3, 0.4) is 0 Å². The van der Waals surface area contributed by atoms with E-state index in [4.69, 9.17) is 9.47 Å². The van der Waals surface area contributed by atoms with Crippen molar-refractivity contribution in [1.82, 2.24) is 5.32 Å². The minimum atomic E-state index is -0.435. The molecule has 0 fully saturated rings. The summed E-state index contributed by atoms with van der Waals surface area (Å²) in [5, 5.41) is 2.79. The van der Waals surface area contributed by atoms with Crippen LogP contribution in [-0.2, 0) is 9.47 Å². The summed E-state index contributed by atoms with van der Waals surface area (Å²) in [5.74, 6) is -0.329. The molecule has 1 aliphatic carbocycles. The molecule has 0 aliphatic heterocycles. The van der Waals surface area contributed by atoms with Gasteiger partial charge in [-0.05, 0) is 40.3 Å². The molecule has 3 aromatic rings. The van der Waals surface area contributed by atoms with E-state index in [0.29, 0.717) is 25.1 Å². The Labute approximate surface area is 187 Å². The summed E-state index contributed by atoms with van der Waals surface area (Å²) in [6, 6.07) is 23.7. The highest BCUT2D eigenvalue weighted by molar-refractivity contribution is 5.93. The minimum absolute atomic E-state index is 0.0443. The van der Waals surface area contributed by atoms with Gasteiger partial charge in [0.2, 0.25) is 0 Å². The van der Waals surface area contributed by atoms with Crippen molar-refractivity contribution in [3.8, 4) is 11.1 Å². The van der Waals surface area contributed by atoms with Gasteiger partial charge in [0.25, 0.3) is 0 Å². The smallest absolute Gasteiger partial charge is 0.407 e. The second kappa shape index (κ2) is 9.96. The third-order valence-electron chi connectivity index (χ3n) is 5.59. The van der Waals surface area contributed by atoms with Crippen molar-refractivity contribution in [3.63, 3.8) is 0 Å². The maximum Gasteiger partial charge on any atom is 0.407 e. The van der Waals surface area contributed by atoms with Gasteiger partial charge in [-0.3, -0.25) is 0 Å². The van der Waals surface area contributed by atoms with Crippen LogP contribution in [0, 0.1) is 0 Å². The number of hydrogen-bond donors (Lipinski definition) is 1. The Kier molecular flexibility index (Phi) is 6.66. The van der Waals surface area contributed by atoms with E-state index < -0.39 is 6.09 Å². The number of benzene rings is 3. The van der Waals surface area contributed by atoms with Crippen molar-refractivity contribution in [2.45, 2.75) is 12.3 Å². The number of esters is 1. The number of fused-ring (bicyclic) bond motifs is 3. The zero-order valence-corrected chi connectivity index (χ0v) is 17.9. The first-order valence-corrected chi connectivity index (χ1v) is 10.6. The molecular formula is C27H25NO4. The summed E-state index contributed by atoms with van der Waals surface area (Å²) in [4.78, 5) is 24.0. The summed E-state index contributed by atoms with van der Waals surface area (Å²) in [6.45, 7) is 0.732. The van der Waals surface area contributed by atoms with Gasteiger partial charge in [0.1, 0.15) is 6.61 Å². The van der Waals surface area contributed by atoms with E-state index in [-0.39, 0.29) is 11.9 Å². The molecule has 4 rings (SSSR count). The van der Waals surface area contributed by atoms with Gasteiger partial charge in [0.15, 0.2) is 0 Å². The van der Waals surface area contributed by atoms with Gasteiger partial charge in [-0.2, -0.15) is 0 Å². The molecule has 5 heteroatoms. The SMILES string of the molecule is COC(=O)c1ccccc1C=CCCNC(=O)OCC1c2ccccc2-c2ccccc21. The summed E-state index contributed by atoms with van der Waals surface area (Å²) >= 11 is 0. The third kappa shape index (κ3) is 4.57. The molecule has 0 radical (unpaired) electrons. The Balaban J connectivity index is 1.28. The number of carbonyl (C=O) groups is 2. The van der Waals surface area contributed by atoms with Crippen LogP contribution < -0.4 is 5.32 Å². The lowest BCUT2D eigenvalue weighted by Gasteiger charge is -2.14. The normalized spacial score (nSPS) is 12.3. The third-order valence-corrected chi connectivity index (χ3v) is 5.59. The number of nitrogens with one attached hydrogen (secondary N) is 1. The van der Waals surface area contributed by atoms with Crippen molar-refractivity contribution < 1.29 is 19.1 Å². The number of hydrogen-bond acceptors (Lipinski definition) is 4. The van der Waals surface area contributed by atoms with Crippen LogP contribution in [0.2, 0.25) is 0 Å². The maximum atomic E-state index is 12.2. The Bertz CT molecular complexity index is 1110. The Morgan fingerprint density at radius 3 is 2.22 bits per heavy atom. The highest BCUT2D eigenvalue weighted by Crippen LogP contribution is 2.44.